The van der Waals surface area contributed by atoms with E-state index >= 15 is 0 Å². The van der Waals surface area contributed by atoms with Crippen LogP contribution in [0.4, 0.5) is 17.6 Å². The number of alkyl halides is 4. The summed E-state index contributed by atoms with van der Waals surface area (Å²) in [7, 11) is -4.03. The fraction of sp³-hybridized carbons (Fsp3) is 0.280. The number of piperidine rings is 1. The molecule has 0 saturated carbocycles. The summed E-state index contributed by atoms with van der Waals surface area (Å²) in [6.07, 6.45) is -1.56. The lowest BCUT2D eigenvalue weighted by Crippen LogP contribution is -2.39. The Balaban J connectivity index is 1.29. The zero-order chi connectivity index (χ0) is 27.4. The largest absolute Gasteiger partial charge is 0.586 e. The van der Waals surface area contributed by atoms with Crippen LogP contribution in [0.25, 0.3) is 22.6 Å². The molecule has 4 heterocycles. The van der Waals surface area contributed by atoms with E-state index in [2.05, 4.69) is 19.4 Å². The fourth-order valence-corrected chi connectivity index (χ4v) is 6.38. The molecule has 39 heavy (non-hydrogen) atoms. The van der Waals surface area contributed by atoms with Crippen LogP contribution in [0.15, 0.2) is 65.7 Å². The van der Waals surface area contributed by atoms with Crippen LogP contribution in [0.2, 0.25) is 0 Å². The number of ether oxygens (including phenoxy) is 3. The summed E-state index contributed by atoms with van der Waals surface area (Å²) in [5, 5.41) is 0. The van der Waals surface area contributed by atoms with Crippen molar-refractivity contribution in [1.82, 2.24) is 18.8 Å². The third-order valence-electron chi connectivity index (χ3n) is 6.59. The number of rotatable bonds is 6. The molecule has 0 N–H and O–H groups in total. The summed E-state index contributed by atoms with van der Waals surface area (Å²) in [6, 6.07) is 12.8. The summed E-state index contributed by atoms with van der Waals surface area (Å²) in [5.41, 5.74) is 1.42. The van der Waals surface area contributed by atoms with Crippen molar-refractivity contribution < 1.29 is 40.2 Å². The molecular formula is C25H20F4N4O5S. The van der Waals surface area contributed by atoms with Crippen molar-refractivity contribution >= 4 is 21.2 Å². The normalized spacial score (nSPS) is 17.7. The van der Waals surface area contributed by atoms with Gasteiger partial charge in [-0.3, -0.25) is 0 Å². The summed E-state index contributed by atoms with van der Waals surface area (Å²) < 4.78 is 96.2. The molecule has 0 aliphatic carbocycles. The minimum Gasteiger partial charge on any atom is -0.434 e. The summed E-state index contributed by atoms with van der Waals surface area (Å²) in [6.45, 7) is -2.81. The Morgan fingerprint density at radius 3 is 2.51 bits per heavy atom. The second kappa shape index (κ2) is 9.38. The molecule has 0 unspecified atom stereocenters. The molecule has 2 aliphatic rings. The molecule has 2 aliphatic heterocycles. The first kappa shape index (κ1) is 25.4. The second-order valence-corrected chi connectivity index (χ2v) is 10.9. The van der Waals surface area contributed by atoms with E-state index in [1.807, 2.05) is 4.57 Å². The number of aromatic nitrogens is 3. The van der Waals surface area contributed by atoms with Crippen molar-refractivity contribution in [2.24, 2.45) is 0 Å². The average Bonchev–Trinajstić information content (AvgIpc) is 3.44. The summed E-state index contributed by atoms with van der Waals surface area (Å²) >= 11 is 0. The number of para-hydroxylation sites is 1. The number of pyridine rings is 1. The highest BCUT2D eigenvalue weighted by molar-refractivity contribution is 7.89. The van der Waals surface area contributed by atoms with Crippen molar-refractivity contribution in [3.8, 4) is 28.6 Å². The van der Waals surface area contributed by atoms with E-state index in [1.54, 1.807) is 36.5 Å². The van der Waals surface area contributed by atoms with Gasteiger partial charge in [0.05, 0.1) is 10.5 Å². The SMILES string of the molecule is O=S(=O)(c1ccc2c(c1)OC(F)(F)O2)N1CCC(n2c(-c3ccccc3OC(F)F)nc3cccnc32)CC1. The number of hydrogen-bond donors (Lipinski definition) is 0. The monoisotopic (exact) mass is 564 g/mol. The molecule has 0 amide bonds. The first-order valence-corrected chi connectivity index (χ1v) is 13.3. The number of benzene rings is 2. The van der Waals surface area contributed by atoms with Crippen LogP contribution in [0.1, 0.15) is 18.9 Å². The molecular weight excluding hydrogens is 544 g/mol. The van der Waals surface area contributed by atoms with Gasteiger partial charge in [0.15, 0.2) is 17.1 Å². The van der Waals surface area contributed by atoms with Gasteiger partial charge in [-0.05, 0) is 49.2 Å². The van der Waals surface area contributed by atoms with Crippen LogP contribution in [0, 0.1) is 0 Å². The average molecular weight is 565 g/mol. The third-order valence-corrected chi connectivity index (χ3v) is 8.49. The molecule has 0 bridgehead atoms. The van der Waals surface area contributed by atoms with Crippen LogP contribution in [-0.2, 0) is 10.0 Å². The third kappa shape index (κ3) is 4.63. The lowest BCUT2D eigenvalue weighted by Gasteiger charge is -2.32. The zero-order valence-electron chi connectivity index (χ0n) is 20.0. The topological polar surface area (TPSA) is 95.8 Å². The molecule has 1 fully saturated rings. The molecule has 9 nitrogen and oxygen atoms in total. The van der Waals surface area contributed by atoms with Crippen molar-refractivity contribution in [2.75, 3.05) is 13.1 Å². The fourth-order valence-electron chi connectivity index (χ4n) is 4.90. The Morgan fingerprint density at radius 2 is 1.74 bits per heavy atom. The smallest absolute Gasteiger partial charge is 0.434 e. The van der Waals surface area contributed by atoms with Gasteiger partial charge in [-0.1, -0.05) is 12.1 Å². The van der Waals surface area contributed by atoms with Gasteiger partial charge in [-0.15, -0.1) is 8.78 Å². The van der Waals surface area contributed by atoms with Crippen molar-refractivity contribution in [1.29, 1.82) is 0 Å². The number of nitrogens with zero attached hydrogens (tertiary/aromatic N) is 4. The Labute approximate surface area is 219 Å². The zero-order valence-corrected chi connectivity index (χ0v) is 20.8. The van der Waals surface area contributed by atoms with Crippen LogP contribution >= 0.6 is 0 Å². The van der Waals surface area contributed by atoms with E-state index in [1.165, 1.54) is 16.4 Å². The van der Waals surface area contributed by atoms with Gasteiger partial charge in [0.1, 0.15) is 17.1 Å². The van der Waals surface area contributed by atoms with Gasteiger partial charge < -0.3 is 18.8 Å². The Morgan fingerprint density at radius 1 is 1.00 bits per heavy atom. The highest BCUT2D eigenvalue weighted by Gasteiger charge is 2.44. The summed E-state index contributed by atoms with van der Waals surface area (Å²) in [4.78, 5) is 8.89. The standard InChI is InChI=1S/C25H20F4N4O5S/c26-24(27)36-19-6-2-1-4-17(19)22-31-18-5-3-11-30-23(18)33(22)15-9-12-32(13-10-15)39(34,35)16-7-8-20-21(14-16)38-25(28,29)37-20/h1-8,11,14-15,24H,9-10,12-13H2. The maximum atomic E-state index is 13.4. The van der Waals surface area contributed by atoms with Gasteiger partial charge in [0.25, 0.3) is 0 Å². The molecule has 2 aromatic heterocycles. The number of hydrogen-bond acceptors (Lipinski definition) is 7. The molecule has 2 aromatic carbocycles. The molecule has 6 rings (SSSR count). The first-order valence-electron chi connectivity index (χ1n) is 11.9. The van der Waals surface area contributed by atoms with Crippen molar-refractivity contribution in [3.63, 3.8) is 0 Å². The van der Waals surface area contributed by atoms with Crippen LogP contribution < -0.4 is 14.2 Å². The Hall–Kier alpha value is -3.91. The van der Waals surface area contributed by atoms with Gasteiger partial charge in [-0.25, -0.2) is 18.4 Å². The molecule has 204 valence electrons. The van der Waals surface area contributed by atoms with Gasteiger partial charge >= 0.3 is 12.9 Å². The number of imidazole rings is 1. The number of halogens is 4. The molecule has 4 aromatic rings. The molecule has 14 heteroatoms. The van der Waals surface area contributed by atoms with Gasteiger partial charge in [-0.2, -0.15) is 13.1 Å². The highest BCUT2D eigenvalue weighted by Crippen LogP contribution is 2.43. The predicted molar refractivity (Wildman–Crippen MR) is 129 cm³/mol. The van der Waals surface area contributed by atoms with Gasteiger partial charge in [0, 0.05) is 31.4 Å². The molecule has 0 atom stereocenters. The molecule has 0 spiro atoms. The quantitative estimate of drug-likeness (QED) is 0.303. The van der Waals surface area contributed by atoms with E-state index in [0.717, 1.165) is 12.1 Å². The molecule has 0 radical (unpaired) electrons. The Kier molecular flexibility index (Phi) is 6.10. The lowest BCUT2D eigenvalue weighted by atomic mass is 10.1. The second-order valence-electron chi connectivity index (χ2n) is 8.94. The predicted octanol–water partition coefficient (Wildman–Crippen LogP) is 5.05. The van der Waals surface area contributed by atoms with E-state index in [-0.39, 0.29) is 41.3 Å². The number of fused-ring (bicyclic) bond motifs is 2. The Bertz CT molecular complexity index is 1660. The van der Waals surface area contributed by atoms with E-state index < -0.39 is 22.9 Å². The van der Waals surface area contributed by atoms with E-state index in [0.29, 0.717) is 35.4 Å². The molecule has 1 saturated heterocycles. The first-order chi connectivity index (χ1) is 18.6. The van der Waals surface area contributed by atoms with Gasteiger partial charge in [0.2, 0.25) is 10.0 Å². The van der Waals surface area contributed by atoms with Crippen LogP contribution in [-0.4, -0.2) is 53.3 Å². The number of sulfonamides is 1. The van der Waals surface area contributed by atoms with Crippen molar-refractivity contribution in [3.05, 3.63) is 60.8 Å². The maximum Gasteiger partial charge on any atom is 0.586 e. The summed E-state index contributed by atoms with van der Waals surface area (Å²) in [5.74, 6) is -0.280. The van der Waals surface area contributed by atoms with E-state index in [4.69, 9.17) is 4.74 Å². The minimum atomic E-state index is -4.03. The van der Waals surface area contributed by atoms with Crippen LogP contribution in [0.3, 0.4) is 0 Å². The van der Waals surface area contributed by atoms with E-state index in [9.17, 15) is 26.0 Å². The van der Waals surface area contributed by atoms with Crippen molar-refractivity contribution in [2.45, 2.75) is 36.7 Å². The lowest BCUT2D eigenvalue weighted by molar-refractivity contribution is -0.286. The highest BCUT2D eigenvalue weighted by atomic mass is 32.2. The maximum absolute atomic E-state index is 13.4. The minimum absolute atomic E-state index is 0.0440. The van der Waals surface area contributed by atoms with Crippen LogP contribution in [0.5, 0.6) is 17.2 Å².